The van der Waals surface area contributed by atoms with E-state index in [0.717, 1.165) is 18.8 Å². The summed E-state index contributed by atoms with van der Waals surface area (Å²) < 4.78 is 11.1. The minimum atomic E-state index is -0.685. The van der Waals surface area contributed by atoms with Gasteiger partial charge in [0, 0.05) is 30.0 Å². The Morgan fingerprint density at radius 1 is 1.10 bits per heavy atom. The molecule has 1 saturated heterocycles. The van der Waals surface area contributed by atoms with E-state index in [1.165, 1.54) is 17.4 Å². The number of hydrogen-bond acceptors (Lipinski definition) is 6. The molecular formula is C21H22N4O4. The second-order valence-corrected chi connectivity index (χ2v) is 6.88. The van der Waals surface area contributed by atoms with Gasteiger partial charge in [-0.3, -0.25) is 9.32 Å². The first kappa shape index (κ1) is 18.8. The first-order valence-corrected chi connectivity index (χ1v) is 9.50. The van der Waals surface area contributed by atoms with Gasteiger partial charge in [0.15, 0.2) is 5.82 Å². The van der Waals surface area contributed by atoms with Crippen molar-refractivity contribution in [2.45, 2.75) is 19.4 Å². The molecule has 1 aliphatic rings. The van der Waals surface area contributed by atoms with Crippen LogP contribution in [0.25, 0.3) is 11.4 Å². The molecule has 8 nitrogen and oxygen atoms in total. The molecule has 1 aromatic heterocycles. The highest BCUT2D eigenvalue weighted by molar-refractivity contribution is 5.91. The summed E-state index contributed by atoms with van der Waals surface area (Å²) in [6, 6.07) is 14.7. The van der Waals surface area contributed by atoms with E-state index < -0.39 is 5.76 Å². The van der Waals surface area contributed by atoms with E-state index in [9.17, 15) is 9.59 Å². The molecule has 0 unspecified atom stereocenters. The molecule has 0 bridgehead atoms. The molecule has 2 aromatic carbocycles. The SMILES string of the molecule is COc1ccc(-c2noc(=O)n2CC(=O)Nc2ccc(N3CCCC3)cc2)cc1. The lowest BCUT2D eigenvalue weighted by molar-refractivity contribution is -0.116. The number of nitrogens with zero attached hydrogens (tertiary/aromatic N) is 3. The third kappa shape index (κ3) is 4.16. The number of carbonyl (C=O) groups is 1. The summed E-state index contributed by atoms with van der Waals surface area (Å²) >= 11 is 0. The molecule has 0 radical (unpaired) electrons. The quantitative estimate of drug-likeness (QED) is 0.692. The first-order valence-electron chi connectivity index (χ1n) is 9.50. The van der Waals surface area contributed by atoms with Crippen molar-refractivity contribution in [1.29, 1.82) is 0 Å². The molecule has 1 aliphatic heterocycles. The average molecular weight is 394 g/mol. The molecule has 0 atom stereocenters. The maximum Gasteiger partial charge on any atom is 0.442 e. The molecule has 3 aromatic rings. The Hall–Kier alpha value is -3.55. The van der Waals surface area contributed by atoms with Gasteiger partial charge in [0.1, 0.15) is 12.3 Å². The number of carbonyl (C=O) groups excluding carboxylic acids is 1. The molecule has 1 N–H and O–H groups in total. The zero-order valence-corrected chi connectivity index (χ0v) is 16.1. The Morgan fingerprint density at radius 3 is 2.45 bits per heavy atom. The average Bonchev–Trinajstić information content (AvgIpc) is 3.40. The van der Waals surface area contributed by atoms with Crippen LogP contribution in [0.15, 0.2) is 57.8 Å². The van der Waals surface area contributed by atoms with Gasteiger partial charge in [0.25, 0.3) is 0 Å². The lowest BCUT2D eigenvalue weighted by Gasteiger charge is -2.17. The van der Waals surface area contributed by atoms with Crippen molar-refractivity contribution in [1.82, 2.24) is 9.72 Å². The van der Waals surface area contributed by atoms with Crippen LogP contribution in [0.4, 0.5) is 11.4 Å². The number of anilines is 2. The number of ether oxygens (including phenoxy) is 1. The maximum absolute atomic E-state index is 12.5. The minimum absolute atomic E-state index is 0.197. The van der Waals surface area contributed by atoms with Crippen LogP contribution >= 0.6 is 0 Å². The number of methoxy groups -OCH3 is 1. The number of rotatable bonds is 6. The normalized spacial score (nSPS) is 13.5. The Kier molecular flexibility index (Phi) is 5.33. The number of amides is 1. The summed E-state index contributed by atoms with van der Waals surface area (Å²) in [5.74, 6) is -0.0484. The summed E-state index contributed by atoms with van der Waals surface area (Å²) in [6.45, 7) is 1.93. The fourth-order valence-electron chi connectivity index (χ4n) is 3.43. The highest BCUT2D eigenvalue weighted by atomic mass is 16.5. The van der Waals surface area contributed by atoms with Crippen LogP contribution in [-0.2, 0) is 11.3 Å². The number of hydrogen-bond donors (Lipinski definition) is 1. The second kappa shape index (κ2) is 8.22. The Labute approximate surface area is 167 Å². The Bertz CT molecular complexity index is 1030. The molecule has 8 heteroatoms. The molecule has 1 fully saturated rings. The smallest absolute Gasteiger partial charge is 0.442 e. The number of aromatic nitrogens is 2. The van der Waals surface area contributed by atoms with E-state index >= 15 is 0 Å². The van der Waals surface area contributed by atoms with Crippen molar-refractivity contribution in [2.75, 3.05) is 30.4 Å². The van der Waals surface area contributed by atoms with E-state index in [0.29, 0.717) is 17.0 Å². The maximum atomic E-state index is 12.5. The van der Waals surface area contributed by atoms with Crippen molar-refractivity contribution < 1.29 is 14.1 Å². The van der Waals surface area contributed by atoms with Gasteiger partial charge in [-0.1, -0.05) is 5.16 Å². The van der Waals surface area contributed by atoms with Gasteiger partial charge in [-0.15, -0.1) is 0 Å². The largest absolute Gasteiger partial charge is 0.497 e. The molecule has 0 aliphatic carbocycles. The Balaban J connectivity index is 1.45. The summed E-state index contributed by atoms with van der Waals surface area (Å²) in [4.78, 5) is 26.8. The van der Waals surface area contributed by atoms with Crippen molar-refractivity contribution in [3.05, 3.63) is 59.1 Å². The fraction of sp³-hybridized carbons (Fsp3) is 0.286. The van der Waals surface area contributed by atoms with Gasteiger partial charge in [-0.05, 0) is 61.4 Å². The molecule has 2 heterocycles. The van der Waals surface area contributed by atoms with E-state index in [4.69, 9.17) is 9.26 Å². The summed E-state index contributed by atoms with van der Waals surface area (Å²) in [6.07, 6.45) is 2.42. The van der Waals surface area contributed by atoms with Crippen molar-refractivity contribution >= 4 is 17.3 Å². The predicted octanol–water partition coefficient (Wildman–Crippen LogP) is 2.75. The molecule has 1 amide bonds. The molecule has 4 rings (SSSR count). The van der Waals surface area contributed by atoms with E-state index in [1.807, 2.05) is 24.3 Å². The predicted molar refractivity (Wildman–Crippen MR) is 109 cm³/mol. The molecule has 0 saturated carbocycles. The topological polar surface area (TPSA) is 89.6 Å². The lowest BCUT2D eigenvalue weighted by atomic mass is 10.2. The monoisotopic (exact) mass is 394 g/mol. The highest BCUT2D eigenvalue weighted by Crippen LogP contribution is 2.22. The number of benzene rings is 2. The number of nitrogens with one attached hydrogen (secondary N) is 1. The fourth-order valence-corrected chi connectivity index (χ4v) is 3.43. The third-order valence-corrected chi connectivity index (χ3v) is 4.96. The first-order chi connectivity index (χ1) is 14.1. The van der Waals surface area contributed by atoms with Crippen LogP contribution in [0.2, 0.25) is 0 Å². The van der Waals surface area contributed by atoms with Gasteiger partial charge in [-0.2, -0.15) is 0 Å². The van der Waals surface area contributed by atoms with E-state index in [2.05, 4.69) is 15.4 Å². The minimum Gasteiger partial charge on any atom is -0.497 e. The summed E-state index contributed by atoms with van der Waals surface area (Å²) in [5.41, 5.74) is 2.48. The van der Waals surface area contributed by atoms with Crippen LogP contribution in [-0.4, -0.2) is 35.8 Å². The molecule has 29 heavy (non-hydrogen) atoms. The van der Waals surface area contributed by atoms with Crippen LogP contribution in [0.1, 0.15) is 12.8 Å². The van der Waals surface area contributed by atoms with Gasteiger partial charge >= 0.3 is 5.76 Å². The third-order valence-electron chi connectivity index (χ3n) is 4.96. The zero-order valence-electron chi connectivity index (χ0n) is 16.1. The van der Waals surface area contributed by atoms with Crippen LogP contribution < -0.4 is 20.7 Å². The molecule has 0 spiro atoms. The highest BCUT2D eigenvalue weighted by Gasteiger charge is 2.17. The van der Waals surface area contributed by atoms with Gasteiger partial charge < -0.3 is 15.0 Å². The van der Waals surface area contributed by atoms with Crippen LogP contribution in [0.5, 0.6) is 5.75 Å². The lowest BCUT2D eigenvalue weighted by Crippen LogP contribution is -2.25. The van der Waals surface area contributed by atoms with Gasteiger partial charge in [-0.25, -0.2) is 9.36 Å². The van der Waals surface area contributed by atoms with Crippen LogP contribution in [0.3, 0.4) is 0 Å². The molecular weight excluding hydrogens is 372 g/mol. The summed E-state index contributed by atoms with van der Waals surface area (Å²) in [7, 11) is 1.57. The zero-order chi connectivity index (χ0) is 20.2. The van der Waals surface area contributed by atoms with Gasteiger partial charge in [0.05, 0.1) is 7.11 Å². The molecule has 150 valence electrons. The van der Waals surface area contributed by atoms with Crippen molar-refractivity contribution in [3.63, 3.8) is 0 Å². The van der Waals surface area contributed by atoms with Crippen LogP contribution in [0, 0.1) is 0 Å². The van der Waals surface area contributed by atoms with Crippen molar-refractivity contribution in [2.24, 2.45) is 0 Å². The van der Waals surface area contributed by atoms with E-state index in [-0.39, 0.29) is 18.3 Å². The van der Waals surface area contributed by atoms with Gasteiger partial charge in [0.2, 0.25) is 5.91 Å². The summed E-state index contributed by atoms with van der Waals surface area (Å²) in [5, 5.41) is 6.62. The van der Waals surface area contributed by atoms with E-state index in [1.54, 1.807) is 31.4 Å². The standard InChI is InChI=1S/C21H22N4O4/c1-28-18-10-4-15(5-11-18)20-23-29-21(27)25(20)14-19(26)22-16-6-8-17(9-7-16)24-12-2-3-13-24/h4-11H,2-3,12-14H2,1H3,(H,22,26). The Morgan fingerprint density at radius 2 is 1.79 bits per heavy atom. The second-order valence-electron chi connectivity index (χ2n) is 6.88. The van der Waals surface area contributed by atoms with Crippen molar-refractivity contribution in [3.8, 4) is 17.1 Å².